The molecule has 150 valence electrons. The van der Waals surface area contributed by atoms with Crippen LogP contribution in [0.2, 0.25) is 0 Å². The molecule has 3 rings (SSSR count). The maximum absolute atomic E-state index is 12.4. The minimum atomic E-state index is -3.80. The molecule has 0 atom stereocenters. The Hall–Kier alpha value is -3.26. The van der Waals surface area contributed by atoms with Crippen LogP contribution in [0.15, 0.2) is 75.7 Å². The van der Waals surface area contributed by atoms with E-state index in [2.05, 4.69) is 20.0 Å². The van der Waals surface area contributed by atoms with Gasteiger partial charge in [0, 0.05) is 18.5 Å². The second kappa shape index (κ2) is 8.83. The van der Waals surface area contributed by atoms with Gasteiger partial charge in [-0.25, -0.2) is 13.4 Å². The van der Waals surface area contributed by atoms with Crippen LogP contribution in [0, 0.1) is 0 Å². The van der Waals surface area contributed by atoms with Crippen molar-refractivity contribution < 1.29 is 13.2 Å². The lowest BCUT2D eigenvalue weighted by Gasteiger charge is -2.17. The fourth-order valence-electron chi connectivity index (χ4n) is 2.94. The van der Waals surface area contributed by atoms with Crippen molar-refractivity contribution in [3.63, 3.8) is 0 Å². The number of amidine groups is 1. The van der Waals surface area contributed by atoms with Crippen LogP contribution in [0.5, 0.6) is 0 Å². The SMILES string of the molecule is C/C=C\N=C(/C)c1ccccc1CCNC(=O)C1=Nc2ccccc2S(=O)(=O)N1. The van der Waals surface area contributed by atoms with Gasteiger partial charge in [0.1, 0.15) is 4.90 Å². The van der Waals surface area contributed by atoms with Gasteiger partial charge in [0.25, 0.3) is 15.9 Å². The smallest absolute Gasteiger partial charge is 0.287 e. The Morgan fingerprint density at radius 2 is 1.90 bits per heavy atom. The van der Waals surface area contributed by atoms with Gasteiger partial charge in [-0.2, -0.15) is 0 Å². The number of benzene rings is 2. The first kappa shape index (κ1) is 20.5. The number of nitrogens with one attached hydrogen (secondary N) is 2. The third-order valence-electron chi connectivity index (χ3n) is 4.34. The molecule has 1 aliphatic rings. The molecule has 0 bridgehead atoms. The second-order valence-corrected chi connectivity index (χ2v) is 8.04. The van der Waals surface area contributed by atoms with Crippen LogP contribution in [0.1, 0.15) is 25.0 Å². The zero-order valence-corrected chi connectivity index (χ0v) is 17.0. The minimum Gasteiger partial charge on any atom is -0.349 e. The topological polar surface area (TPSA) is 100.0 Å². The summed E-state index contributed by atoms with van der Waals surface area (Å²) >= 11 is 0. The Labute approximate surface area is 170 Å². The lowest BCUT2D eigenvalue weighted by atomic mass is 10.0. The Morgan fingerprint density at radius 3 is 2.69 bits per heavy atom. The summed E-state index contributed by atoms with van der Waals surface area (Å²) in [6.45, 7) is 4.16. The zero-order chi connectivity index (χ0) is 20.9. The van der Waals surface area contributed by atoms with Crippen molar-refractivity contribution in [2.45, 2.75) is 25.2 Å². The van der Waals surface area contributed by atoms with Crippen molar-refractivity contribution in [3.8, 4) is 0 Å². The quantitative estimate of drug-likeness (QED) is 0.716. The first-order valence-electron chi connectivity index (χ1n) is 9.15. The molecule has 1 amide bonds. The highest BCUT2D eigenvalue weighted by Gasteiger charge is 2.28. The lowest BCUT2D eigenvalue weighted by molar-refractivity contribution is -0.114. The zero-order valence-electron chi connectivity index (χ0n) is 16.2. The third-order valence-corrected chi connectivity index (χ3v) is 5.72. The number of hydrogen-bond donors (Lipinski definition) is 2. The number of allylic oxidation sites excluding steroid dienone is 1. The van der Waals surface area contributed by atoms with E-state index < -0.39 is 15.9 Å². The number of hydrogen-bond acceptors (Lipinski definition) is 5. The summed E-state index contributed by atoms with van der Waals surface area (Å²) < 4.78 is 26.8. The van der Waals surface area contributed by atoms with E-state index in [4.69, 9.17) is 0 Å². The molecule has 1 heterocycles. The summed E-state index contributed by atoms with van der Waals surface area (Å²) in [7, 11) is -3.80. The number of nitrogens with zero attached hydrogens (tertiary/aromatic N) is 2. The molecule has 0 radical (unpaired) electrons. The van der Waals surface area contributed by atoms with Crippen LogP contribution in [-0.2, 0) is 21.2 Å². The standard InChI is InChI=1S/C21H22N4O3S/c1-3-13-22-15(2)17-9-5-4-8-16(17)12-14-23-21(26)20-24-18-10-6-7-11-19(18)29(27,28)25-20/h3-11,13H,12,14H2,1-2H3,(H,23,26)(H,24,25)/b13-3-,22-15+. The predicted octanol–water partition coefficient (Wildman–Crippen LogP) is 2.71. The molecule has 2 N–H and O–H groups in total. The molecular weight excluding hydrogens is 388 g/mol. The summed E-state index contributed by atoms with van der Waals surface area (Å²) in [6, 6.07) is 14.1. The van der Waals surface area contributed by atoms with Gasteiger partial charge < -0.3 is 5.32 Å². The fraction of sp³-hybridized carbons (Fsp3) is 0.190. The normalized spacial score (nSPS) is 15.4. The lowest BCUT2D eigenvalue weighted by Crippen LogP contribution is -2.44. The molecular formula is C21H22N4O3S. The molecule has 0 aromatic heterocycles. The first-order valence-corrected chi connectivity index (χ1v) is 10.6. The summed E-state index contributed by atoms with van der Waals surface area (Å²) in [5.74, 6) is -0.803. The molecule has 1 aliphatic heterocycles. The summed E-state index contributed by atoms with van der Waals surface area (Å²) in [6.07, 6.45) is 4.16. The van der Waals surface area contributed by atoms with Gasteiger partial charge in [-0.05, 0) is 43.5 Å². The van der Waals surface area contributed by atoms with Gasteiger partial charge >= 0.3 is 0 Å². The molecule has 8 heteroatoms. The molecule has 29 heavy (non-hydrogen) atoms. The maximum Gasteiger partial charge on any atom is 0.287 e. The molecule has 0 saturated carbocycles. The van der Waals surface area contributed by atoms with Crippen LogP contribution in [0.25, 0.3) is 0 Å². The van der Waals surface area contributed by atoms with Crippen LogP contribution in [-0.4, -0.2) is 32.4 Å². The third kappa shape index (κ3) is 4.78. The van der Waals surface area contributed by atoms with E-state index in [1.165, 1.54) is 6.07 Å². The Balaban J connectivity index is 1.70. The van der Waals surface area contributed by atoms with E-state index >= 15 is 0 Å². The van der Waals surface area contributed by atoms with Crippen molar-refractivity contribution in [2.24, 2.45) is 9.98 Å². The fourth-order valence-corrected chi connectivity index (χ4v) is 4.09. The predicted molar refractivity (Wildman–Crippen MR) is 114 cm³/mol. The average Bonchev–Trinajstić information content (AvgIpc) is 2.71. The van der Waals surface area contributed by atoms with E-state index in [1.54, 1.807) is 24.4 Å². The van der Waals surface area contributed by atoms with Gasteiger partial charge in [-0.1, -0.05) is 42.5 Å². The molecule has 7 nitrogen and oxygen atoms in total. The van der Waals surface area contributed by atoms with Crippen LogP contribution < -0.4 is 10.0 Å². The van der Waals surface area contributed by atoms with E-state index in [0.717, 1.165) is 16.8 Å². The summed E-state index contributed by atoms with van der Waals surface area (Å²) in [5, 5.41) is 2.73. The maximum atomic E-state index is 12.4. The van der Waals surface area contributed by atoms with Gasteiger partial charge in [0.15, 0.2) is 0 Å². The van der Waals surface area contributed by atoms with Crippen molar-refractivity contribution in [1.82, 2.24) is 10.0 Å². The van der Waals surface area contributed by atoms with E-state index in [0.29, 0.717) is 13.0 Å². The summed E-state index contributed by atoms with van der Waals surface area (Å²) in [4.78, 5) is 21.0. The molecule has 0 fully saturated rings. The minimum absolute atomic E-state index is 0.0568. The number of para-hydroxylation sites is 1. The highest BCUT2D eigenvalue weighted by molar-refractivity contribution is 7.90. The monoisotopic (exact) mass is 410 g/mol. The molecule has 2 aromatic rings. The van der Waals surface area contributed by atoms with Gasteiger partial charge in [-0.15, -0.1) is 0 Å². The number of carbonyl (C=O) groups is 1. The van der Waals surface area contributed by atoms with E-state index in [9.17, 15) is 13.2 Å². The van der Waals surface area contributed by atoms with Crippen LogP contribution in [0.3, 0.4) is 0 Å². The molecule has 2 aromatic carbocycles. The van der Waals surface area contributed by atoms with Crippen molar-refractivity contribution >= 4 is 33.2 Å². The van der Waals surface area contributed by atoms with Crippen molar-refractivity contribution in [3.05, 3.63) is 71.9 Å². The van der Waals surface area contributed by atoms with Gasteiger partial charge in [0.05, 0.1) is 5.69 Å². The number of fused-ring (bicyclic) bond motifs is 1. The largest absolute Gasteiger partial charge is 0.349 e. The van der Waals surface area contributed by atoms with Crippen molar-refractivity contribution in [1.29, 1.82) is 0 Å². The number of amides is 1. The molecule has 0 saturated heterocycles. The Morgan fingerprint density at radius 1 is 1.17 bits per heavy atom. The second-order valence-electron chi connectivity index (χ2n) is 6.39. The Kier molecular flexibility index (Phi) is 6.23. The van der Waals surface area contributed by atoms with Crippen LogP contribution in [0.4, 0.5) is 5.69 Å². The number of rotatable bonds is 6. The number of sulfonamides is 1. The van der Waals surface area contributed by atoms with E-state index in [-0.39, 0.29) is 16.4 Å². The summed E-state index contributed by atoms with van der Waals surface area (Å²) in [5.41, 5.74) is 3.17. The molecule has 0 aliphatic carbocycles. The highest BCUT2D eigenvalue weighted by atomic mass is 32.2. The number of carbonyl (C=O) groups excluding carboxylic acids is 1. The van der Waals surface area contributed by atoms with Gasteiger partial charge in [-0.3, -0.25) is 14.5 Å². The highest BCUT2D eigenvalue weighted by Crippen LogP contribution is 2.26. The molecule has 0 unspecified atom stereocenters. The Bertz CT molecular complexity index is 1120. The first-order chi connectivity index (χ1) is 13.9. The van der Waals surface area contributed by atoms with Crippen LogP contribution >= 0.6 is 0 Å². The van der Waals surface area contributed by atoms with E-state index in [1.807, 2.05) is 44.2 Å². The number of aliphatic imine (C=N–C) groups is 2. The average molecular weight is 410 g/mol. The van der Waals surface area contributed by atoms with Gasteiger partial charge in [0.2, 0.25) is 5.84 Å². The van der Waals surface area contributed by atoms with Crippen molar-refractivity contribution in [2.75, 3.05) is 6.54 Å². The molecule has 0 spiro atoms.